The molecule has 4 rings (SSSR count). The molecule has 2 aromatic carbocycles. The van der Waals surface area contributed by atoms with Crippen molar-refractivity contribution < 1.29 is 14.3 Å². The summed E-state index contributed by atoms with van der Waals surface area (Å²) in [6.07, 6.45) is 5.27. The number of aromatic nitrogens is 2. The fourth-order valence-corrected chi connectivity index (χ4v) is 3.74. The highest BCUT2D eigenvalue weighted by atomic mass is 32.1. The van der Waals surface area contributed by atoms with E-state index in [0.717, 1.165) is 22.5 Å². The molecule has 6 heteroatoms. The van der Waals surface area contributed by atoms with Gasteiger partial charge in [0.25, 0.3) is 0 Å². The smallest absolute Gasteiger partial charge is 0.189 e. The number of rotatable bonds is 7. The predicted molar refractivity (Wildman–Crippen MR) is 120 cm³/mol. The SMILES string of the molecule is COc1ccc(C(=O)/C=C/c2cn(-c3ccccc3)nc2-c2ccsc2)c(OC)c1. The average molecular weight is 417 g/mol. The zero-order chi connectivity index (χ0) is 20.9. The van der Waals surface area contributed by atoms with E-state index in [0.29, 0.717) is 17.1 Å². The van der Waals surface area contributed by atoms with Gasteiger partial charge in [-0.05, 0) is 47.9 Å². The van der Waals surface area contributed by atoms with Crippen LogP contribution in [0.1, 0.15) is 15.9 Å². The van der Waals surface area contributed by atoms with E-state index in [1.54, 1.807) is 48.8 Å². The number of thiophene rings is 1. The van der Waals surface area contributed by atoms with Crippen LogP contribution in [0.3, 0.4) is 0 Å². The van der Waals surface area contributed by atoms with Crippen molar-refractivity contribution in [1.82, 2.24) is 9.78 Å². The number of carbonyl (C=O) groups excluding carboxylic acids is 1. The molecule has 4 aromatic rings. The monoisotopic (exact) mass is 416 g/mol. The highest BCUT2D eigenvalue weighted by Crippen LogP contribution is 2.28. The molecule has 0 saturated heterocycles. The summed E-state index contributed by atoms with van der Waals surface area (Å²) < 4.78 is 12.4. The molecule has 2 heterocycles. The van der Waals surface area contributed by atoms with Crippen molar-refractivity contribution in [2.45, 2.75) is 0 Å². The highest BCUT2D eigenvalue weighted by Gasteiger charge is 2.14. The van der Waals surface area contributed by atoms with Gasteiger partial charge in [0.2, 0.25) is 0 Å². The molecule has 150 valence electrons. The molecule has 0 aliphatic carbocycles. The first-order chi connectivity index (χ1) is 14.7. The second-order valence-electron chi connectivity index (χ2n) is 6.49. The van der Waals surface area contributed by atoms with Gasteiger partial charge < -0.3 is 9.47 Å². The normalized spacial score (nSPS) is 11.0. The minimum Gasteiger partial charge on any atom is -0.497 e. The van der Waals surface area contributed by atoms with E-state index in [9.17, 15) is 4.79 Å². The lowest BCUT2D eigenvalue weighted by Gasteiger charge is -2.07. The molecule has 0 unspecified atom stereocenters. The van der Waals surface area contributed by atoms with Gasteiger partial charge in [-0.2, -0.15) is 16.4 Å². The van der Waals surface area contributed by atoms with Gasteiger partial charge in [0.15, 0.2) is 5.78 Å². The van der Waals surface area contributed by atoms with Crippen LogP contribution < -0.4 is 9.47 Å². The summed E-state index contributed by atoms with van der Waals surface area (Å²) in [5.74, 6) is 0.955. The van der Waals surface area contributed by atoms with E-state index < -0.39 is 0 Å². The number of carbonyl (C=O) groups is 1. The minimum absolute atomic E-state index is 0.154. The Morgan fingerprint density at radius 3 is 2.60 bits per heavy atom. The van der Waals surface area contributed by atoms with Crippen molar-refractivity contribution in [3.63, 3.8) is 0 Å². The molecule has 0 amide bonds. The van der Waals surface area contributed by atoms with Crippen LogP contribution in [0.15, 0.2) is 77.6 Å². The van der Waals surface area contributed by atoms with E-state index in [2.05, 4.69) is 0 Å². The molecule has 2 aromatic heterocycles. The Labute approximate surface area is 178 Å². The summed E-state index contributed by atoms with van der Waals surface area (Å²) >= 11 is 1.61. The third kappa shape index (κ3) is 4.04. The third-order valence-electron chi connectivity index (χ3n) is 4.65. The lowest BCUT2D eigenvalue weighted by molar-refractivity contribution is 0.104. The van der Waals surface area contributed by atoms with E-state index in [-0.39, 0.29) is 5.78 Å². The Balaban J connectivity index is 1.69. The number of hydrogen-bond acceptors (Lipinski definition) is 5. The Hall–Kier alpha value is -3.64. The molecule has 0 bridgehead atoms. The van der Waals surface area contributed by atoms with Gasteiger partial charge in [0.1, 0.15) is 17.2 Å². The number of ether oxygens (including phenoxy) is 2. The first-order valence-electron chi connectivity index (χ1n) is 9.31. The van der Waals surface area contributed by atoms with Crippen LogP contribution in [-0.4, -0.2) is 29.8 Å². The number of methoxy groups -OCH3 is 2. The molecule has 0 fully saturated rings. The first kappa shape index (κ1) is 19.7. The van der Waals surface area contributed by atoms with Gasteiger partial charge in [-0.3, -0.25) is 4.79 Å². The van der Waals surface area contributed by atoms with E-state index in [1.165, 1.54) is 7.11 Å². The largest absolute Gasteiger partial charge is 0.497 e. The zero-order valence-corrected chi connectivity index (χ0v) is 17.4. The average Bonchev–Trinajstić information content (AvgIpc) is 3.47. The Morgan fingerprint density at radius 1 is 1.07 bits per heavy atom. The summed E-state index contributed by atoms with van der Waals surface area (Å²) in [4.78, 5) is 12.8. The molecule has 0 spiro atoms. The van der Waals surface area contributed by atoms with Gasteiger partial charge in [0, 0.05) is 28.8 Å². The van der Waals surface area contributed by atoms with Crippen LogP contribution in [0.5, 0.6) is 11.5 Å². The molecular formula is C24H20N2O3S. The second kappa shape index (κ2) is 8.80. The lowest BCUT2D eigenvalue weighted by Crippen LogP contribution is -1.99. The van der Waals surface area contributed by atoms with Crippen molar-refractivity contribution >= 4 is 23.2 Å². The number of hydrogen-bond donors (Lipinski definition) is 0. The van der Waals surface area contributed by atoms with Crippen LogP contribution in [0.25, 0.3) is 23.0 Å². The third-order valence-corrected chi connectivity index (χ3v) is 5.33. The van der Waals surface area contributed by atoms with Gasteiger partial charge in [0.05, 0.1) is 25.5 Å². The topological polar surface area (TPSA) is 53.4 Å². The van der Waals surface area contributed by atoms with Gasteiger partial charge >= 0.3 is 0 Å². The Morgan fingerprint density at radius 2 is 1.90 bits per heavy atom. The number of nitrogens with zero attached hydrogens (tertiary/aromatic N) is 2. The molecule has 0 N–H and O–H groups in total. The lowest BCUT2D eigenvalue weighted by atomic mass is 10.1. The number of para-hydroxylation sites is 1. The quantitative estimate of drug-likeness (QED) is 0.294. The molecule has 0 atom stereocenters. The van der Waals surface area contributed by atoms with E-state index in [4.69, 9.17) is 14.6 Å². The van der Waals surface area contributed by atoms with Crippen molar-refractivity contribution in [3.05, 3.63) is 88.8 Å². The van der Waals surface area contributed by atoms with Crippen LogP contribution in [-0.2, 0) is 0 Å². The molecule has 0 saturated carbocycles. The van der Waals surface area contributed by atoms with Crippen molar-refractivity contribution in [2.24, 2.45) is 0 Å². The van der Waals surface area contributed by atoms with Gasteiger partial charge in [-0.15, -0.1) is 0 Å². The number of benzene rings is 2. The van der Waals surface area contributed by atoms with Crippen LogP contribution in [0.4, 0.5) is 0 Å². The number of ketones is 1. The standard InChI is InChI=1S/C24H20N2O3S/c1-28-20-9-10-21(23(14-20)29-2)22(27)11-8-17-15-26(19-6-4-3-5-7-19)25-24(17)18-12-13-30-16-18/h3-16H,1-2H3/b11-8+. The maximum absolute atomic E-state index is 12.8. The second-order valence-corrected chi connectivity index (χ2v) is 7.27. The highest BCUT2D eigenvalue weighted by molar-refractivity contribution is 7.08. The molecule has 0 radical (unpaired) electrons. The van der Waals surface area contributed by atoms with Crippen LogP contribution >= 0.6 is 11.3 Å². The molecular weight excluding hydrogens is 396 g/mol. The number of allylic oxidation sites excluding steroid dienone is 1. The zero-order valence-electron chi connectivity index (χ0n) is 16.6. The summed E-state index contributed by atoms with van der Waals surface area (Å²) in [6, 6.07) is 17.1. The van der Waals surface area contributed by atoms with Crippen molar-refractivity contribution in [3.8, 4) is 28.4 Å². The van der Waals surface area contributed by atoms with Crippen LogP contribution in [0.2, 0.25) is 0 Å². The first-order valence-corrected chi connectivity index (χ1v) is 10.3. The Kier molecular flexibility index (Phi) is 5.77. The van der Waals surface area contributed by atoms with Crippen molar-refractivity contribution in [2.75, 3.05) is 14.2 Å². The maximum atomic E-state index is 12.8. The van der Waals surface area contributed by atoms with Gasteiger partial charge in [-0.1, -0.05) is 18.2 Å². The molecule has 0 aliphatic heterocycles. The molecule has 30 heavy (non-hydrogen) atoms. The summed E-state index contributed by atoms with van der Waals surface area (Å²) in [5, 5.41) is 8.81. The van der Waals surface area contributed by atoms with Crippen LogP contribution in [0, 0.1) is 0 Å². The van der Waals surface area contributed by atoms with E-state index >= 15 is 0 Å². The molecule has 0 aliphatic rings. The summed E-state index contributed by atoms with van der Waals surface area (Å²) in [5.41, 5.74) is 4.13. The fourth-order valence-electron chi connectivity index (χ4n) is 3.10. The minimum atomic E-state index is -0.154. The fraction of sp³-hybridized carbons (Fsp3) is 0.0833. The maximum Gasteiger partial charge on any atom is 0.189 e. The summed E-state index contributed by atoms with van der Waals surface area (Å²) in [7, 11) is 3.11. The Bertz CT molecular complexity index is 1180. The van der Waals surface area contributed by atoms with Gasteiger partial charge in [-0.25, -0.2) is 4.68 Å². The van der Waals surface area contributed by atoms with Crippen molar-refractivity contribution in [1.29, 1.82) is 0 Å². The molecule has 5 nitrogen and oxygen atoms in total. The van der Waals surface area contributed by atoms with E-state index in [1.807, 2.05) is 58.0 Å². The predicted octanol–water partition coefficient (Wildman–Crippen LogP) is 5.51. The summed E-state index contributed by atoms with van der Waals surface area (Å²) in [6.45, 7) is 0.